The Kier molecular flexibility index (Phi) is 5.29. The van der Waals surface area contributed by atoms with E-state index in [1.807, 2.05) is 19.0 Å². The Balaban J connectivity index is 1.95. The van der Waals surface area contributed by atoms with E-state index < -0.39 is 4.92 Å². The van der Waals surface area contributed by atoms with E-state index in [2.05, 4.69) is 20.5 Å². The molecule has 0 atom stereocenters. The van der Waals surface area contributed by atoms with E-state index in [-0.39, 0.29) is 11.2 Å². The van der Waals surface area contributed by atoms with Crippen LogP contribution in [0.4, 0.5) is 17.1 Å². The second kappa shape index (κ2) is 7.62. The van der Waals surface area contributed by atoms with Crippen LogP contribution in [0.25, 0.3) is 11.0 Å². The van der Waals surface area contributed by atoms with E-state index >= 15 is 0 Å². The molecule has 1 aliphatic rings. The zero-order valence-corrected chi connectivity index (χ0v) is 14.4. The number of nitrogens with one attached hydrogen (secondary N) is 1. The molecule has 1 aromatic heterocycles. The van der Waals surface area contributed by atoms with Gasteiger partial charge in [0.25, 0.3) is 0 Å². The first-order valence-corrected chi connectivity index (χ1v) is 8.23. The molecule has 0 saturated carbocycles. The van der Waals surface area contributed by atoms with Crippen molar-refractivity contribution in [3.05, 3.63) is 16.2 Å². The van der Waals surface area contributed by atoms with Crippen molar-refractivity contribution in [3.63, 3.8) is 0 Å². The van der Waals surface area contributed by atoms with Crippen molar-refractivity contribution in [1.82, 2.24) is 15.2 Å². The van der Waals surface area contributed by atoms with Gasteiger partial charge in [0.2, 0.25) is 5.52 Å². The molecular weight excluding hydrogens is 328 g/mol. The van der Waals surface area contributed by atoms with Crippen LogP contribution in [0.1, 0.15) is 6.42 Å². The van der Waals surface area contributed by atoms with Crippen LogP contribution in [0, 0.1) is 10.1 Å². The van der Waals surface area contributed by atoms with Gasteiger partial charge in [0.05, 0.1) is 23.8 Å². The summed E-state index contributed by atoms with van der Waals surface area (Å²) in [5, 5.41) is 22.6. The zero-order chi connectivity index (χ0) is 17.8. The standard InChI is InChI=1S/C15H22N6O4/c1-19(2)5-3-4-16-11-10-12(20-6-8-24-9-7-20)15(21(22)23)14-13(11)17-25-18-14/h10,16H,3-9H2,1-2H3. The Bertz CT molecular complexity index is 741. The van der Waals surface area contributed by atoms with Gasteiger partial charge in [-0.05, 0) is 43.4 Å². The fraction of sp³-hybridized carbons (Fsp3) is 0.600. The molecule has 1 N–H and O–H groups in total. The lowest BCUT2D eigenvalue weighted by Gasteiger charge is -2.28. The van der Waals surface area contributed by atoms with Crippen LogP contribution in [0.2, 0.25) is 0 Å². The number of fused-ring (bicyclic) bond motifs is 1. The summed E-state index contributed by atoms with van der Waals surface area (Å²) in [4.78, 5) is 15.3. The van der Waals surface area contributed by atoms with Crippen molar-refractivity contribution in [2.45, 2.75) is 6.42 Å². The Morgan fingerprint density at radius 2 is 2.04 bits per heavy atom. The fourth-order valence-corrected chi connectivity index (χ4v) is 2.89. The molecule has 0 bridgehead atoms. The maximum atomic E-state index is 11.6. The highest BCUT2D eigenvalue weighted by Crippen LogP contribution is 2.39. The van der Waals surface area contributed by atoms with Gasteiger partial charge in [-0.2, -0.15) is 0 Å². The third kappa shape index (κ3) is 3.80. The molecule has 1 fully saturated rings. The van der Waals surface area contributed by atoms with Crippen LogP contribution in [0.3, 0.4) is 0 Å². The fourth-order valence-electron chi connectivity index (χ4n) is 2.89. The molecule has 136 valence electrons. The maximum Gasteiger partial charge on any atom is 0.323 e. The molecular formula is C15H22N6O4. The predicted octanol–water partition coefficient (Wildman–Crippen LogP) is 1.33. The van der Waals surface area contributed by atoms with Crippen LogP contribution in [-0.2, 0) is 4.74 Å². The van der Waals surface area contributed by atoms with Crippen LogP contribution >= 0.6 is 0 Å². The lowest BCUT2D eigenvalue weighted by Crippen LogP contribution is -2.36. The van der Waals surface area contributed by atoms with Crippen LogP contribution in [-0.4, -0.2) is 73.6 Å². The molecule has 0 amide bonds. The number of anilines is 2. The van der Waals surface area contributed by atoms with E-state index in [1.54, 1.807) is 6.07 Å². The summed E-state index contributed by atoms with van der Waals surface area (Å²) in [7, 11) is 4.03. The van der Waals surface area contributed by atoms with Crippen molar-refractivity contribution < 1.29 is 14.3 Å². The second-order valence-electron chi connectivity index (χ2n) is 6.19. The van der Waals surface area contributed by atoms with Crippen molar-refractivity contribution >= 4 is 28.1 Å². The largest absolute Gasteiger partial charge is 0.383 e. The zero-order valence-electron chi connectivity index (χ0n) is 14.4. The lowest BCUT2D eigenvalue weighted by atomic mass is 10.1. The number of nitro benzene ring substituents is 1. The number of hydrogen-bond acceptors (Lipinski definition) is 9. The smallest absolute Gasteiger partial charge is 0.323 e. The Morgan fingerprint density at radius 1 is 1.32 bits per heavy atom. The summed E-state index contributed by atoms with van der Waals surface area (Å²) in [6, 6.07) is 1.77. The molecule has 0 radical (unpaired) electrons. The summed E-state index contributed by atoms with van der Waals surface area (Å²) in [6.45, 7) is 3.93. The average Bonchev–Trinajstić information content (AvgIpc) is 3.08. The SMILES string of the molecule is CN(C)CCCNc1cc(N2CCOCC2)c([N+](=O)[O-])c2nonc12. The number of nitrogens with zero attached hydrogens (tertiary/aromatic N) is 5. The normalized spacial score (nSPS) is 15.1. The maximum absolute atomic E-state index is 11.6. The quantitative estimate of drug-likeness (QED) is 0.449. The molecule has 25 heavy (non-hydrogen) atoms. The number of aromatic nitrogens is 2. The molecule has 0 spiro atoms. The summed E-state index contributed by atoms with van der Waals surface area (Å²) in [5.41, 5.74) is 1.70. The number of nitro groups is 1. The van der Waals surface area contributed by atoms with Crippen molar-refractivity contribution in [3.8, 4) is 0 Å². The number of morpholine rings is 1. The number of benzene rings is 1. The third-order valence-electron chi connectivity index (χ3n) is 4.12. The van der Waals surface area contributed by atoms with Crippen molar-refractivity contribution in [2.24, 2.45) is 0 Å². The predicted molar refractivity (Wildman–Crippen MR) is 93.2 cm³/mol. The molecule has 0 unspecified atom stereocenters. The molecule has 2 heterocycles. The van der Waals surface area contributed by atoms with Gasteiger partial charge in [0, 0.05) is 19.6 Å². The van der Waals surface area contributed by atoms with E-state index in [0.29, 0.717) is 43.2 Å². The van der Waals surface area contributed by atoms with E-state index in [1.165, 1.54) is 0 Å². The Morgan fingerprint density at radius 3 is 2.72 bits per heavy atom. The Labute approximate surface area is 144 Å². The highest BCUT2D eigenvalue weighted by atomic mass is 16.6. The third-order valence-corrected chi connectivity index (χ3v) is 4.12. The lowest BCUT2D eigenvalue weighted by molar-refractivity contribution is -0.382. The Hall–Kier alpha value is -2.46. The van der Waals surface area contributed by atoms with Gasteiger partial charge < -0.3 is 19.9 Å². The molecule has 1 aliphatic heterocycles. The molecule has 10 nitrogen and oxygen atoms in total. The van der Waals surface area contributed by atoms with Gasteiger partial charge in [-0.25, -0.2) is 4.63 Å². The van der Waals surface area contributed by atoms with Gasteiger partial charge >= 0.3 is 5.69 Å². The van der Waals surface area contributed by atoms with Gasteiger partial charge in [0.1, 0.15) is 5.69 Å². The van der Waals surface area contributed by atoms with Crippen LogP contribution in [0.5, 0.6) is 0 Å². The van der Waals surface area contributed by atoms with E-state index in [9.17, 15) is 10.1 Å². The van der Waals surface area contributed by atoms with Gasteiger partial charge in [-0.1, -0.05) is 0 Å². The van der Waals surface area contributed by atoms with Gasteiger partial charge in [-0.15, -0.1) is 0 Å². The molecule has 2 aromatic rings. The van der Waals surface area contributed by atoms with E-state index in [0.717, 1.165) is 19.5 Å². The van der Waals surface area contributed by atoms with Gasteiger partial charge in [-0.3, -0.25) is 10.1 Å². The van der Waals surface area contributed by atoms with Crippen LogP contribution in [0.15, 0.2) is 10.7 Å². The number of rotatable bonds is 7. The minimum atomic E-state index is -0.423. The summed E-state index contributed by atoms with van der Waals surface area (Å²) in [5.74, 6) is 0. The molecule has 3 rings (SSSR count). The highest BCUT2D eigenvalue weighted by molar-refractivity contribution is 5.99. The summed E-state index contributed by atoms with van der Waals surface area (Å²) < 4.78 is 10.1. The van der Waals surface area contributed by atoms with Crippen molar-refractivity contribution in [1.29, 1.82) is 0 Å². The van der Waals surface area contributed by atoms with E-state index in [4.69, 9.17) is 9.37 Å². The monoisotopic (exact) mass is 350 g/mol. The number of hydrogen-bond donors (Lipinski definition) is 1. The first kappa shape index (κ1) is 17.4. The minimum absolute atomic E-state index is 0.0722. The average molecular weight is 350 g/mol. The van der Waals surface area contributed by atoms with Crippen molar-refractivity contribution in [2.75, 3.05) is 63.7 Å². The molecule has 10 heteroatoms. The van der Waals surface area contributed by atoms with Gasteiger partial charge in [0.15, 0.2) is 5.52 Å². The molecule has 1 aromatic carbocycles. The summed E-state index contributed by atoms with van der Waals surface area (Å²) >= 11 is 0. The topological polar surface area (TPSA) is 110 Å². The molecule has 0 aliphatic carbocycles. The number of ether oxygens (including phenoxy) is 1. The summed E-state index contributed by atoms with van der Waals surface area (Å²) in [6.07, 6.45) is 0.934. The minimum Gasteiger partial charge on any atom is -0.383 e. The highest BCUT2D eigenvalue weighted by Gasteiger charge is 2.29. The van der Waals surface area contributed by atoms with Crippen LogP contribution < -0.4 is 10.2 Å². The molecule has 1 saturated heterocycles. The first-order valence-electron chi connectivity index (χ1n) is 8.23. The first-order chi connectivity index (χ1) is 12.1. The second-order valence-corrected chi connectivity index (χ2v) is 6.19.